The average molecular weight is 329 g/mol. The van der Waals surface area contributed by atoms with Crippen LogP contribution in [0.1, 0.15) is 45.1 Å². The Morgan fingerprint density at radius 3 is 2.46 bits per heavy atom. The van der Waals surface area contributed by atoms with E-state index >= 15 is 0 Å². The second-order valence-corrected chi connectivity index (χ2v) is 8.04. The number of likely N-dealkylation sites (tertiary alicyclic amines) is 1. The molecule has 1 aliphatic heterocycles. The Labute approximate surface area is 146 Å². The lowest BCUT2D eigenvalue weighted by Gasteiger charge is -2.38. The summed E-state index contributed by atoms with van der Waals surface area (Å²) < 4.78 is 5.26. The van der Waals surface area contributed by atoms with Crippen molar-refractivity contribution < 1.29 is 4.74 Å². The molecule has 1 saturated carbocycles. The van der Waals surface area contributed by atoms with E-state index in [1.54, 1.807) is 7.11 Å². The molecule has 24 heavy (non-hydrogen) atoms. The molecule has 132 valence electrons. The molecular formula is C20H31N3O. The summed E-state index contributed by atoms with van der Waals surface area (Å²) in [5.41, 5.74) is 1.95. The van der Waals surface area contributed by atoms with Crippen LogP contribution >= 0.6 is 0 Å². The number of ether oxygens (including phenoxy) is 1. The van der Waals surface area contributed by atoms with Crippen LogP contribution in [0.3, 0.4) is 0 Å². The van der Waals surface area contributed by atoms with Crippen molar-refractivity contribution in [3.05, 3.63) is 29.8 Å². The van der Waals surface area contributed by atoms with E-state index in [0.717, 1.165) is 24.8 Å². The molecular weight excluding hydrogens is 298 g/mol. The van der Waals surface area contributed by atoms with Crippen molar-refractivity contribution in [1.82, 2.24) is 10.2 Å². The molecule has 0 amide bonds. The van der Waals surface area contributed by atoms with Gasteiger partial charge in [0.15, 0.2) is 5.96 Å². The maximum Gasteiger partial charge on any atom is 0.193 e. The van der Waals surface area contributed by atoms with Crippen molar-refractivity contribution in [3.63, 3.8) is 0 Å². The Hall–Kier alpha value is -1.71. The van der Waals surface area contributed by atoms with Gasteiger partial charge in [0.1, 0.15) is 5.75 Å². The van der Waals surface area contributed by atoms with Crippen LogP contribution in [0.25, 0.3) is 0 Å². The van der Waals surface area contributed by atoms with Gasteiger partial charge in [0.2, 0.25) is 0 Å². The Bertz CT molecular complexity index is 587. The van der Waals surface area contributed by atoms with E-state index in [-0.39, 0.29) is 5.41 Å². The molecule has 2 fully saturated rings. The predicted molar refractivity (Wildman–Crippen MR) is 99.9 cm³/mol. The minimum atomic E-state index is 0.0378. The zero-order chi connectivity index (χ0) is 17.2. The highest BCUT2D eigenvalue weighted by Gasteiger charge is 2.43. The maximum absolute atomic E-state index is 5.26. The van der Waals surface area contributed by atoms with Crippen molar-refractivity contribution >= 4 is 5.96 Å². The summed E-state index contributed by atoms with van der Waals surface area (Å²) >= 11 is 0. The molecule has 0 bridgehead atoms. The SMILES string of the molecule is CN=C(NCC(C)(C)c1ccc(OC)cc1)N1CCC2(CCC2)C1. The van der Waals surface area contributed by atoms with E-state index in [1.165, 1.54) is 37.8 Å². The van der Waals surface area contributed by atoms with Crippen LogP contribution in [0, 0.1) is 5.41 Å². The minimum Gasteiger partial charge on any atom is -0.497 e. The maximum atomic E-state index is 5.26. The number of rotatable bonds is 4. The van der Waals surface area contributed by atoms with Gasteiger partial charge in [-0.1, -0.05) is 32.4 Å². The first-order valence-electron chi connectivity index (χ1n) is 9.08. The molecule has 1 spiro atoms. The average Bonchev–Trinajstić information content (AvgIpc) is 3.01. The van der Waals surface area contributed by atoms with Gasteiger partial charge in [-0.25, -0.2) is 0 Å². The lowest BCUT2D eigenvalue weighted by atomic mass is 9.68. The summed E-state index contributed by atoms with van der Waals surface area (Å²) in [4.78, 5) is 6.98. The summed E-state index contributed by atoms with van der Waals surface area (Å²) in [6.07, 6.45) is 5.54. The number of guanidine groups is 1. The lowest BCUT2D eigenvalue weighted by molar-refractivity contribution is 0.151. The quantitative estimate of drug-likeness (QED) is 0.679. The minimum absolute atomic E-state index is 0.0378. The highest BCUT2D eigenvalue weighted by atomic mass is 16.5. The standard InChI is InChI=1S/C20H31N3O/c1-19(2,16-6-8-17(24-4)9-7-16)14-22-18(21-3)23-13-12-20(15-23)10-5-11-20/h6-9H,5,10-15H2,1-4H3,(H,21,22). The molecule has 4 nitrogen and oxygen atoms in total. The van der Waals surface area contributed by atoms with E-state index < -0.39 is 0 Å². The van der Waals surface area contributed by atoms with Gasteiger partial charge in [-0.05, 0) is 42.4 Å². The van der Waals surface area contributed by atoms with Gasteiger partial charge in [0.25, 0.3) is 0 Å². The first kappa shape index (κ1) is 17.1. The number of nitrogens with zero attached hydrogens (tertiary/aromatic N) is 2. The first-order valence-corrected chi connectivity index (χ1v) is 9.08. The second kappa shape index (κ2) is 6.66. The van der Waals surface area contributed by atoms with Gasteiger partial charge in [-0.2, -0.15) is 0 Å². The van der Waals surface area contributed by atoms with E-state index in [9.17, 15) is 0 Å². The highest BCUT2D eigenvalue weighted by Crippen LogP contribution is 2.47. The highest BCUT2D eigenvalue weighted by molar-refractivity contribution is 5.80. The molecule has 1 aromatic carbocycles. The topological polar surface area (TPSA) is 36.9 Å². The number of hydrogen-bond acceptors (Lipinski definition) is 2. The van der Waals surface area contributed by atoms with Crippen LogP contribution in [0.15, 0.2) is 29.3 Å². The molecule has 1 N–H and O–H groups in total. The van der Waals surface area contributed by atoms with E-state index in [2.05, 4.69) is 41.2 Å². The number of hydrogen-bond donors (Lipinski definition) is 1. The van der Waals surface area contributed by atoms with Crippen LogP contribution in [-0.4, -0.2) is 44.7 Å². The molecule has 2 aliphatic rings. The molecule has 1 aliphatic carbocycles. The predicted octanol–water partition coefficient (Wildman–Crippen LogP) is 3.42. The van der Waals surface area contributed by atoms with Crippen molar-refractivity contribution in [2.75, 3.05) is 33.8 Å². The third-order valence-corrected chi connectivity index (χ3v) is 5.92. The number of aliphatic imine (C=N–C) groups is 1. The van der Waals surface area contributed by atoms with Crippen molar-refractivity contribution in [1.29, 1.82) is 0 Å². The third kappa shape index (κ3) is 3.38. The molecule has 0 unspecified atom stereocenters. The molecule has 3 rings (SSSR count). The molecule has 0 atom stereocenters. The fraction of sp³-hybridized carbons (Fsp3) is 0.650. The van der Waals surface area contributed by atoms with E-state index in [1.807, 2.05) is 19.2 Å². The summed E-state index contributed by atoms with van der Waals surface area (Å²) in [6.45, 7) is 7.73. The molecule has 0 aromatic heterocycles. The number of nitrogens with one attached hydrogen (secondary N) is 1. The fourth-order valence-electron chi connectivity index (χ4n) is 3.98. The van der Waals surface area contributed by atoms with Gasteiger partial charge < -0.3 is 15.0 Å². The zero-order valence-corrected chi connectivity index (χ0v) is 15.6. The van der Waals surface area contributed by atoms with Crippen LogP contribution < -0.4 is 10.1 Å². The summed E-state index contributed by atoms with van der Waals surface area (Å²) in [5, 5.41) is 3.61. The summed E-state index contributed by atoms with van der Waals surface area (Å²) in [5.74, 6) is 1.96. The van der Waals surface area contributed by atoms with Crippen LogP contribution in [0.2, 0.25) is 0 Å². The Morgan fingerprint density at radius 1 is 1.25 bits per heavy atom. The Balaban J connectivity index is 1.60. The number of methoxy groups -OCH3 is 1. The van der Waals surface area contributed by atoms with E-state index in [0.29, 0.717) is 5.41 Å². The van der Waals surface area contributed by atoms with Crippen LogP contribution in [0.5, 0.6) is 5.75 Å². The second-order valence-electron chi connectivity index (χ2n) is 8.04. The normalized spacial score (nSPS) is 20.2. The fourth-order valence-corrected chi connectivity index (χ4v) is 3.98. The van der Waals surface area contributed by atoms with Gasteiger partial charge in [0, 0.05) is 32.1 Å². The largest absolute Gasteiger partial charge is 0.497 e. The monoisotopic (exact) mass is 329 g/mol. The van der Waals surface area contributed by atoms with Crippen LogP contribution in [0.4, 0.5) is 0 Å². The molecule has 1 saturated heterocycles. The van der Waals surface area contributed by atoms with Crippen molar-refractivity contribution in [2.45, 2.75) is 44.9 Å². The molecule has 1 aromatic rings. The van der Waals surface area contributed by atoms with Gasteiger partial charge in [-0.15, -0.1) is 0 Å². The van der Waals surface area contributed by atoms with Crippen molar-refractivity contribution in [2.24, 2.45) is 10.4 Å². The smallest absolute Gasteiger partial charge is 0.193 e. The zero-order valence-electron chi connectivity index (χ0n) is 15.6. The molecule has 0 radical (unpaired) electrons. The lowest BCUT2D eigenvalue weighted by Crippen LogP contribution is -2.46. The van der Waals surface area contributed by atoms with Gasteiger partial charge in [0.05, 0.1) is 7.11 Å². The van der Waals surface area contributed by atoms with E-state index in [4.69, 9.17) is 4.74 Å². The first-order chi connectivity index (χ1) is 11.5. The van der Waals surface area contributed by atoms with Crippen molar-refractivity contribution in [3.8, 4) is 5.75 Å². The summed E-state index contributed by atoms with van der Waals surface area (Å²) in [7, 11) is 3.60. The molecule has 4 heteroatoms. The molecule has 1 heterocycles. The Kier molecular flexibility index (Phi) is 4.75. The van der Waals surface area contributed by atoms with Gasteiger partial charge in [-0.3, -0.25) is 4.99 Å². The summed E-state index contributed by atoms with van der Waals surface area (Å²) in [6, 6.07) is 8.38. The third-order valence-electron chi connectivity index (χ3n) is 5.92. The number of benzene rings is 1. The Morgan fingerprint density at radius 2 is 1.96 bits per heavy atom. The van der Waals surface area contributed by atoms with Gasteiger partial charge >= 0.3 is 0 Å². The van der Waals surface area contributed by atoms with Crippen LogP contribution in [-0.2, 0) is 5.41 Å².